The third-order valence-electron chi connectivity index (χ3n) is 2.81. The average Bonchev–Trinajstić information content (AvgIpc) is 2.79. The number of carbonyl (C=O) groups is 1. The van der Waals surface area contributed by atoms with Crippen LogP contribution < -0.4 is 5.56 Å². The van der Waals surface area contributed by atoms with Gasteiger partial charge in [-0.15, -0.1) is 0 Å². The second kappa shape index (κ2) is 5.30. The van der Waals surface area contributed by atoms with Gasteiger partial charge in [-0.3, -0.25) is 9.59 Å². The summed E-state index contributed by atoms with van der Waals surface area (Å²) in [6.45, 7) is 0. The van der Waals surface area contributed by atoms with Crippen molar-refractivity contribution in [3.8, 4) is 0 Å². The molecule has 16 heavy (non-hydrogen) atoms. The molecule has 1 aliphatic rings. The van der Waals surface area contributed by atoms with E-state index in [4.69, 9.17) is 0 Å². The summed E-state index contributed by atoms with van der Waals surface area (Å²) in [5.41, 5.74) is -0.175. The van der Waals surface area contributed by atoms with Gasteiger partial charge in [0.1, 0.15) is 5.78 Å². The van der Waals surface area contributed by atoms with Crippen LogP contribution in [0.3, 0.4) is 0 Å². The third kappa shape index (κ3) is 2.95. The number of nitrogens with zero attached hydrogens (tertiary/aromatic N) is 1. The highest BCUT2D eigenvalue weighted by Gasteiger charge is 2.22. The highest BCUT2D eigenvalue weighted by Crippen LogP contribution is 2.27. The average molecular weight is 238 g/mol. The molecule has 0 spiro atoms. The van der Waals surface area contributed by atoms with Crippen LogP contribution in [-0.2, 0) is 4.79 Å². The Morgan fingerprint density at radius 2 is 2.25 bits per heavy atom. The maximum absolute atomic E-state index is 11.8. The van der Waals surface area contributed by atoms with Gasteiger partial charge < -0.3 is 4.98 Å². The molecule has 1 aliphatic carbocycles. The van der Waals surface area contributed by atoms with Gasteiger partial charge in [-0.25, -0.2) is 4.98 Å². The zero-order chi connectivity index (χ0) is 11.4. The van der Waals surface area contributed by atoms with E-state index in [9.17, 15) is 9.59 Å². The first-order valence-corrected chi connectivity index (χ1v) is 6.45. The number of H-pyrrole nitrogens is 1. The lowest BCUT2D eigenvalue weighted by Gasteiger charge is -2.06. The normalized spacial score (nSPS) is 16.5. The Balaban J connectivity index is 1.87. The van der Waals surface area contributed by atoms with Crippen LogP contribution in [0.4, 0.5) is 0 Å². The highest BCUT2D eigenvalue weighted by molar-refractivity contribution is 7.99. The number of rotatable bonds is 4. The van der Waals surface area contributed by atoms with Crippen LogP contribution in [0.2, 0.25) is 0 Å². The highest BCUT2D eigenvalue weighted by atomic mass is 32.2. The molecule has 0 atom stereocenters. The molecule has 1 aromatic rings. The molecule has 0 bridgehead atoms. The summed E-state index contributed by atoms with van der Waals surface area (Å²) in [5.74, 6) is 0.939. The largest absolute Gasteiger partial charge is 0.301 e. The van der Waals surface area contributed by atoms with E-state index in [1.165, 1.54) is 36.9 Å². The van der Waals surface area contributed by atoms with E-state index in [1.807, 2.05) is 0 Å². The van der Waals surface area contributed by atoms with E-state index in [-0.39, 0.29) is 17.3 Å². The Hall–Kier alpha value is -1.10. The number of hydrogen-bond acceptors (Lipinski definition) is 4. The lowest BCUT2D eigenvalue weighted by Crippen LogP contribution is -2.14. The molecule has 2 rings (SSSR count). The summed E-state index contributed by atoms with van der Waals surface area (Å²) in [6, 6.07) is 1.36. The van der Waals surface area contributed by atoms with Crippen molar-refractivity contribution in [1.29, 1.82) is 0 Å². The van der Waals surface area contributed by atoms with E-state index in [1.54, 1.807) is 0 Å². The van der Waals surface area contributed by atoms with Crippen molar-refractivity contribution in [3.63, 3.8) is 0 Å². The zero-order valence-electron chi connectivity index (χ0n) is 8.94. The van der Waals surface area contributed by atoms with Crippen LogP contribution in [0.5, 0.6) is 0 Å². The minimum Gasteiger partial charge on any atom is -0.301 e. The number of aromatic amines is 1. The quantitative estimate of drug-likeness (QED) is 0.639. The molecular weight excluding hydrogens is 224 g/mol. The van der Waals surface area contributed by atoms with Crippen molar-refractivity contribution in [1.82, 2.24) is 9.97 Å². The van der Waals surface area contributed by atoms with E-state index in [0.717, 1.165) is 12.8 Å². The lowest BCUT2D eigenvalue weighted by molar-refractivity contribution is -0.120. The molecule has 1 N–H and O–H groups in total. The summed E-state index contributed by atoms with van der Waals surface area (Å²) >= 11 is 1.31. The Morgan fingerprint density at radius 3 is 2.94 bits per heavy atom. The molecule has 86 valence electrons. The van der Waals surface area contributed by atoms with Gasteiger partial charge in [0.2, 0.25) is 0 Å². The molecule has 1 fully saturated rings. The molecular formula is C11H14N2O2S. The molecule has 0 unspecified atom stereocenters. The van der Waals surface area contributed by atoms with Crippen molar-refractivity contribution in [2.45, 2.75) is 30.8 Å². The van der Waals surface area contributed by atoms with Gasteiger partial charge >= 0.3 is 0 Å². The number of thioether (sulfide) groups is 1. The van der Waals surface area contributed by atoms with Gasteiger partial charge in [-0.2, -0.15) is 0 Å². The molecule has 0 amide bonds. The van der Waals surface area contributed by atoms with Crippen LogP contribution in [0.25, 0.3) is 0 Å². The Morgan fingerprint density at radius 1 is 1.50 bits per heavy atom. The first kappa shape index (κ1) is 11.4. The number of Topliss-reactive ketones (excluding diaryl/α,β-unsaturated/α-hetero) is 1. The van der Waals surface area contributed by atoms with Gasteiger partial charge in [-0.05, 0) is 12.8 Å². The van der Waals surface area contributed by atoms with Gasteiger partial charge in [0.05, 0.1) is 5.75 Å². The second-order valence-electron chi connectivity index (χ2n) is 3.98. The summed E-state index contributed by atoms with van der Waals surface area (Å²) in [4.78, 5) is 29.4. The first-order chi connectivity index (χ1) is 7.75. The fourth-order valence-corrected chi connectivity index (χ4v) is 2.75. The van der Waals surface area contributed by atoms with Gasteiger partial charge in [0, 0.05) is 18.2 Å². The van der Waals surface area contributed by atoms with Crippen LogP contribution >= 0.6 is 11.8 Å². The molecule has 0 saturated heterocycles. The van der Waals surface area contributed by atoms with Crippen LogP contribution in [-0.4, -0.2) is 21.5 Å². The number of nitrogens with one attached hydrogen (secondary N) is 1. The zero-order valence-corrected chi connectivity index (χ0v) is 9.76. The first-order valence-electron chi connectivity index (χ1n) is 5.46. The van der Waals surface area contributed by atoms with E-state index in [2.05, 4.69) is 9.97 Å². The predicted molar refractivity (Wildman–Crippen MR) is 62.5 cm³/mol. The van der Waals surface area contributed by atoms with Crippen LogP contribution in [0.1, 0.15) is 25.7 Å². The molecule has 0 aromatic carbocycles. The molecule has 1 aromatic heterocycles. The molecule has 1 heterocycles. The van der Waals surface area contributed by atoms with Crippen molar-refractivity contribution in [2.75, 3.05) is 5.75 Å². The molecule has 0 aliphatic heterocycles. The smallest absolute Gasteiger partial charge is 0.251 e. The Bertz CT molecular complexity index is 424. The topological polar surface area (TPSA) is 62.8 Å². The number of carbonyl (C=O) groups excluding carboxylic acids is 1. The maximum atomic E-state index is 11.8. The van der Waals surface area contributed by atoms with E-state index < -0.39 is 0 Å². The Kier molecular flexibility index (Phi) is 3.77. The molecule has 4 nitrogen and oxygen atoms in total. The van der Waals surface area contributed by atoms with Crippen molar-refractivity contribution < 1.29 is 4.79 Å². The fraction of sp³-hybridized carbons (Fsp3) is 0.545. The molecule has 0 radical (unpaired) electrons. The fourth-order valence-electron chi connectivity index (χ4n) is 1.93. The number of ketones is 1. The monoisotopic (exact) mass is 238 g/mol. The lowest BCUT2D eigenvalue weighted by atomic mass is 10.0. The Labute approximate surface area is 97.9 Å². The third-order valence-corrected chi connectivity index (χ3v) is 3.72. The van der Waals surface area contributed by atoms with Crippen molar-refractivity contribution >= 4 is 17.5 Å². The summed E-state index contributed by atoms with van der Waals surface area (Å²) < 4.78 is 0. The summed E-state index contributed by atoms with van der Waals surface area (Å²) in [7, 11) is 0. The van der Waals surface area contributed by atoms with Crippen molar-refractivity contribution in [2.24, 2.45) is 5.92 Å². The molecule has 1 saturated carbocycles. The SMILES string of the molecule is O=C(CSc1nccc(=O)[nH]1)C1CCCC1. The predicted octanol–water partition coefficient (Wildman–Crippen LogP) is 1.62. The van der Waals surface area contributed by atoms with Gasteiger partial charge in [-0.1, -0.05) is 24.6 Å². The van der Waals surface area contributed by atoms with Crippen LogP contribution in [0.15, 0.2) is 22.2 Å². The van der Waals surface area contributed by atoms with Crippen LogP contribution in [0, 0.1) is 5.92 Å². The summed E-state index contributed by atoms with van der Waals surface area (Å²) in [5, 5.41) is 0.527. The number of aromatic nitrogens is 2. The van der Waals surface area contributed by atoms with Crippen molar-refractivity contribution in [3.05, 3.63) is 22.6 Å². The van der Waals surface area contributed by atoms with Gasteiger partial charge in [0.25, 0.3) is 5.56 Å². The number of hydrogen-bond donors (Lipinski definition) is 1. The standard InChI is InChI=1S/C11H14N2O2S/c14-9(8-3-1-2-4-8)7-16-11-12-6-5-10(15)13-11/h5-6,8H,1-4,7H2,(H,12,13,15). The minimum atomic E-state index is -0.175. The summed E-state index contributed by atoms with van der Waals surface area (Å²) in [6.07, 6.45) is 5.85. The minimum absolute atomic E-state index is 0.175. The molecule has 5 heteroatoms. The second-order valence-corrected chi connectivity index (χ2v) is 4.94. The van der Waals surface area contributed by atoms with Gasteiger partial charge in [0.15, 0.2) is 5.16 Å². The van der Waals surface area contributed by atoms with E-state index in [0.29, 0.717) is 10.9 Å². The van der Waals surface area contributed by atoms with E-state index >= 15 is 0 Å². The maximum Gasteiger partial charge on any atom is 0.251 e.